The fourth-order valence-corrected chi connectivity index (χ4v) is 3.24. The van der Waals surface area contributed by atoms with E-state index < -0.39 is 0 Å². The molecule has 0 amide bonds. The van der Waals surface area contributed by atoms with Crippen LogP contribution in [0, 0.1) is 23.2 Å². The molecule has 1 fully saturated rings. The summed E-state index contributed by atoms with van der Waals surface area (Å²) in [5.74, 6) is 2.43. The van der Waals surface area contributed by atoms with Crippen LogP contribution in [0.1, 0.15) is 53.4 Å². The molecule has 0 spiro atoms. The van der Waals surface area contributed by atoms with E-state index in [0.717, 1.165) is 30.8 Å². The summed E-state index contributed by atoms with van der Waals surface area (Å²) in [5, 5.41) is 7.04. The molecule has 2 nitrogen and oxygen atoms in total. The third-order valence-corrected chi connectivity index (χ3v) is 4.86. The lowest BCUT2D eigenvalue weighted by Crippen LogP contribution is -2.39. The van der Waals surface area contributed by atoms with Gasteiger partial charge in [0.25, 0.3) is 0 Å². The van der Waals surface area contributed by atoms with E-state index in [-0.39, 0.29) is 0 Å². The molecule has 1 rings (SSSR count). The van der Waals surface area contributed by atoms with Gasteiger partial charge in [0.15, 0.2) is 0 Å². The Labute approximate surface area is 114 Å². The second-order valence-corrected chi connectivity index (χ2v) is 7.16. The van der Waals surface area contributed by atoms with E-state index in [1.54, 1.807) is 0 Å². The predicted molar refractivity (Wildman–Crippen MR) is 80.9 cm³/mol. The summed E-state index contributed by atoms with van der Waals surface area (Å²) in [6, 6.07) is 0. The lowest BCUT2D eigenvalue weighted by Gasteiger charge is -2.33. The Bertz CT molecular complexity index is 217. The van der Waals surface area contributed by atoms with Crippen molar-refractivity contribution in [1.29, 1.82) is 0 Å². The van der Waals surface area contributed by atoms with Crippen molar-refractivity contribution in [3.05, 3.63) is 0 Å². The Balaban J connectivity index is 2.30. The minimum absolute atomic E-state index is 0.470. The quantitative estimate of drug-likeness (QED) is 0.694. The third-order valence-electron chi connectivity index (χ3n) is 4.86. The van der Waals surface area contributed by atoms with Gasteiger partial charge in [-0.25, -0.2) is 0 Å². The van der Waals surface area contributed by atoms with Gasteiger partial charge in [0.05, 0.1) is 0 Å². The van der Waals surface area contributed by atoms with Gasteiger partial charge in [-0.05, 0) is 56.1 Å². The van der Waals surface area contributed by atoms with E-state index in [9.17, 15) is 0 Å². The lowest BCUT2D eigenvalue weighted by molar-refractivity contribution is 0.200. The highest BCUT2D eigenvalue weighted by atomic mass is 14.9. The first kappa shape index (κ1) is 16.0. The summed E-state index contributed by atoms with van der Waals surface area (Å²) in [7, 11) is 2.05. The molecule has 0 aliphatic heterocycles. The van der Waals surface area contributed by atoms with Gasteiger partial charge in [-0.15, -0.1) is 0 Å². The van der Waals surface area contributed by atoms with Gasteiger partial charge in [-0.3, -0.25) is 0 Å². The van der Waals surface area contributed by atoms with Crippen LogP contribution in [0.3, 0.4) is 0 Å². The Morgan fingerprint density at radius 1 is 1.11 bits per heavy atom. The molecule has 0 radical (unpaired) electrons. The van der Waals surface area contributed by atoms with Crippen molar-refractivity contribution in [1.82, 2.24) is 10.6 Å². The highest BCUT2D eigenvalue weighted by molar-refractivity contribution is 4.84. The molecule has 0 aromatic carbocycles. The minimum atomic E-state index is 0.470. The first-order valence-electron chi connectivity index (χ1n) is 7.82. The van der Waals surface area contributed by atoms with Gasteiger partial charge in [-0.1, -0.05) is 40.5 Å². The van der Waals surface area contributed by atoms with E-state index in [4.69, 9.17) is 0 Å². The maximum atomic E-state index is 3.73. The second kappa shape index (κ2) is 7.49. The first-order valence-corrected chi connectivity index (χ1v) is 7.82. The number of hydrogen-bond acceptors (Lipinski definition) is 2. The van der Waals surface area contributed by atoms with Crippen LogP contribution in [-0.4, -0.2) is 26.7 Å². The lowest BCUT2D eigenvalue weighted by atomic mass is 9.77. The summed E-state index contributed by atoms with van der Waals surface area (Å²) in [6.07, 6.45) is 5.78. The normalized spacial score (nSPS) is 19.7. The zero-order valence-corrected chi connectivity index (χ0v) is 13.2. The molecule has 1 atom stereocenters. The van der Waals surface area contributed by atoms with Crippen molar-refractivity contribution < 1.29 is 0 Å². The Kier molecular flexibility index (Phi) is 6.65. The Hall–Kier alpha value is -0.0800. The number of nitrogens with one attached hydrogen (secondary N) is 2. The van der Waals surface area contributed by atoms with Crippen LogP contribution >= 0.6 is 0 Å². The van der Waals surface area contributed by atoms with Crippen LogP contribution in [0.2, 0.25) is 0 Å². The van der Waals surface area contributed by atoms with Crippen molar-refractivity contribution in [2.45, 2.75) is 53.4 Å². The summed E-state index contributed by atoms with van der Waals surface area (Å²) >= 11 is 0. The fraction of sp³-hybridized carbons (Fsp3) is 1.00. The monoisotopic (exact) mass is 254 g/mol. The molecular weight excluding hydrogens is 220 g/mol. The van der Waals surface area contributed by atoms with Gasteiger partial charge in [0.2, 0.25) is 0 Å². The van der Waals surface area contributed by atoms with Crippen LogP contribution < -0.4 is 10.6 Å². The SMILES string of the molecule is CNCC(CNCC(C)(C)C1CCCC1)C(C)C. The zero-order valence-electron chi connectivity index (χ0n) is 13.2. The topological polar surface area (TPSA) is 24.1 Å². The van der Waals surface area contributed by atoms with Crippen LogP contribution in [0.5, 0.6) is 0 Å². The maximum absolute atomic E-state index is 3.73. The maximum Gasteiger partial charge on any atom is 0.000530 e. The van der Waals surface area contributed by atoms with E-state index in [1.807, 2.05) is 0 Å². The molecule has 0 bridgehead atoms. The third kappa shape index (κ3) is 4.89. The van der Waals surface area contributed by atoms with Crippen molar-refractivity contribution in [3.8, 4) is 0 Å². The molecule has 108 valence electrons. The molecule has 18 heavy (non-hydrogen) atoms. The van der Waals surface area contributed by atoms with E-state index in [1.165, 1.54) is 32.2 Å². The molecule has 0 heterocycles. The molecule has 1 saturated carbocycles. The van der Waals surface area contributed by atoms with Gasteiger partial charge < -0.3 is 10.6 Å². The molecule has 0 saturated heterocycles. The summed E-state index contributed by atoms with van der Waals surface area (Å²) < 4.78 is 0. The van der Waals surface area contributed by atoms with Gasteiger partial charge in [0, 0.05) is 6.54 Å². The summed E-state index contributed by atoms with van der Waals surface area (Å²) in [5.41, 5.74) is 0.470. The molecular formula is C16H34N2. The summed E-state index contributed by atoms with van der Waals surface area (Å²) in [4.78, 5) is 0. The van der Waals surface area contributed by atoms with E-state index in [2.05, 4.69) is 45.4 Å². The highest BCUT2D eigenvalue weighted by Crippen LogP contribution is 2.38. The summed E-state index contributed by atoms with van der Waals surface area (Å²) in [6.45, 7) is 13.0. The standard InChI is InChI=1S/C16H34N2/c1-13(2)14(10-17-5)11-18-12-16(3,4)15-8-6-7-9-15/h13-15,17-18H,6-12H2,1-5H3. The second-order valence-electron chi connectivity index (χ2n) is 7.16. The molecule has 2 heteroatoms. The van der Waals surface area contributed by atoms with Crippen LogP contribution in [-0.2, 0) is 0 Å². The van der Waals surface area contributed by atoms with Crippen LogP contribution in [0.25, 0.3) is 0 Å². The Morgan fingerprint density at radius 2 is 1.72 bits per heavy atom. The van der Waals surface area contributed by atoms with Crippen molar-refractivity contribution in [2.24, 2.45) is 23.2 Å². The van der Waals surface area contributed by atoms with E-state index >= 15 is 0 Å². The van der Waals surface area contributed by atoms with Gasteiger partial charge in [-0.2, -0.15) is 0 Å². The van der Waals surface area contributed by atoms with E-state index in [0.29, 0.717) is 5.41 Å². The largest absolute Gasteiger partial charge is 0.319 e. The van der Waals surface area contributed by atoms with Crippen LogP contribution in [0.15, 0.2) is 0 Å². The van der Waals surface area contributed by atoms with Crippen molar-refractivity contribution in [3.63, 3.8) is 0 Å². The van der Waals surface area contributed by atoms with Crippen molar-refractivity contribution >= 4 is 0 Å². The fourth-order valence-electron chi connectivity index (χ4n) is 3.24. The average molecular weight is 254 g/mol. The molecule has 1 unspecified atom stereocenters. The molecule has 0 aromatic rings. The van der Waals surface area contributed by atoms with Gasteiger partial charge >= 0.3 is 0 Å². The van der Waals surface area contributed by atoms with Gasteiger partial charge in [0.1, 0.15) is 0 Å². The first-order chi connectivity index (χ1) is 8.47. The zero-order chi connectivity index (χ0) is 13.6. The Morgan fingerprint density at radius 3 is 2.22 bits per heavy atom. The number of rotatable bonds is 8. The predicted octanol–water partition coefficient (Wildman–Crippen LogP) is 3.28. The minimum Gasteiger partial charge on any atom is -0.319 e. The highest BCUT2D eigenvalue weighted by Gasteiger charge is 2.31. The smallest absolute Gasteiger partial charge is 0.000530 e. The van der Waals surface area contributed by atoms with Crippen molar-refractivity contribution in [2.75, 3.05) is 26.7 Å². The molecule has 1 aliphatic rings. The molecule has 1 aliphatic carbocycles. The average Bonchev–Trinajstić information content (AvgIpc) is 2.81. The number of hydrogen-bond donors (Lipinski definition) is 2. The molecule has 2 N–H and O–H groups in total. The molecule has 0 aromatic heterocycles. The van der Waals surface area contributed by atoms with Crippen LogP contribution in [0.4, 0.5) is 0 Å².